The van der Waals surface area contributed by atoms with E-state index in [0.717, 1.165) is 44.6 Å². The van der Waals surface area contributed by atoms with E-state index in [9.17, 15) is 4.79 Å². The Bertz CT molecular complexity index is 557. The van der Waals surface area contributed by atoms with Gasteiger partial charge in [-0.25, -0.2) is 0 Å². The van der Waals surface area contributed by atoms with Crippen LogP contribution in [0.3, 0.4) is 0 Å². The van der Waals surface area contributed by atoms with Gasteiger partial charge in [-0.3, -0.25) is 9.48 Å². The van der Waals surface area contributed by atoms with Gasteiger partial charge in [0.1, 0.15) is 0 Å². The lowest BCUT2D eigenvalue weighted by Crippen LogP contribution is -2.44. The molecule has 3 fully saturated rings. The average molecular weight is 330 g/mol. The number of rotatable bonds is 4. The highest BCUT2D eigenvalue weighted by molar-refractivity contribution is 5.79. The summed E-state index contributed by atoms with van der Waals surface area (Å²) in [6.07, 6.45) is 14.3. The summed E-state index contributed by atoms with van der Waals surface area (Å²) in [7, 11) is 0. The molecule has 0 N–H and O–H groups in total. The lowest BCUT2D eigenvalue weighted by molar-refractivity contribution is -0.138. The van der Waals surface area contributed by atoms with E-state index in [4.69, 9.17) is 0 Å². The minimum absolute atomic E-state index is 0.291. The summed E-state index contributed by atoms with van der Waals surface area (Å²) >= 11 is 0. The molecule has 1 aromatic rings. The van der Waals surface area contributed by atoms with Crippen molar-refractivity contribution in [2.75, 3.05) is 13.1 Å². The van der Waals surface area contributed by atoms with Gasteiger partial charge < -0.3 is 4.90 Å². The number of hydrogen-bond donors (Lipinski definition) is 0. The maximum atomic E-state index is 12.9. The molecule has 0 aromatic carbocycles. The third-order valence-corrected chi connectivity index (χ3v) is 6.03. The number of piperidine rings is 1. The molecule has 132 valence electrons. The number of hydrogen-bond acceptors (Lipinski definition) is 3. The summed E-state index contributed by atoms with van der Waals surface area (Å²) in [5, 5.41) is 8.62. The molecule has 1 aromatic heterocycles. The Kier molecular flexibility index (Phi) is 4.86. The Morgan fingerprint density at radius 3 is 2.58 bits per heavy atom. The normalized spacial score (nSPS) is 26.3. The van der Waals surface area contributed by atoms with Crippen LogP contribution in [0.5, 0.6) is 0 Å². The molecule has 5 heteroatoms. The zero-order chi connectivity index (χ0) is 16.4. The summed E-state index contributed by atoms with van der Waals surface area (Å²) in [5.41, 5.74) is 1.16. The zero-order valence-electron chi connectivity index (χ0n) is 14.7. The number of likely N-dealkylation sites (tertiary alicyclic amines) is 1. The Labute approximate surface area is 144 Å². The lowest BCUT2D eigenvalue weighted by atomic mass is 9.94. The van der Waals surface area contributed by atoms with E-state index in [2.05, 4.69) is 21.4 Å². The van der Waals surface area contributed by atoms with Gasteiger partial charge in [0.25, 0.3) is 0 Å². The highest BCUT2D eigenvalue weighted by Gasteiger charge is 2.30. The molecular formula is C19H30N4O. The third-order valence-electron chi connectivity index (χ3n) is 6.03. The quantitative estimate of drug-likeness (QED) is 0.795. The van der Waals surface area contributed by atoms with Crippen LogP contribution in [0.4, 0.5) is 0 Å². The molecule has 1 atom stereocenters. The first-order chi connectivity index (χ1) is 11.8. The molecule has 0 spiro atoms. The maximum Gasteiger partial charge on any atom is 0.225 e. The van der Waals surface area contributed by atoms with Gasteiger partial charge >= 0.3 is 0 Å². The minimum atomic E-state index is 0.291. The van der Waals surface area contributed by atoms with Crippen LogP contribution in [-0.4, -0.2) is 38.9 Å². The molecular weight excluding hydrogens is 300 g/mol. The molecule has 5 nitrogen and oxygen atoms in total. The van der Waals surface area contributed by atoms with Crippen molar-refractivity contribution in [3.05, 3.63) is 11.9 Å². The van der Waals surface area contributed by atoms with Crippen LogP contribution < -0.4 is 0 Å². The summed E-state index contributed by atoms with van der Waals surface area (Å²) in [5.74, 6) is 1.92. The van der Waals surface area contributed by atoms with Crippen LogP contribution in [0.15, 0.2) is 6.20 Å². The van der Waals surface area contributed by atoms with Gasteiger partial charge in [0.05, 0.1) is 5.69 Å². The van der Waals surface area contributed by atoms with E-state index in [1.165, 1.54) is 44.9 Å². The van der Waals surface area contributed by atoms with Crippen molar-refractivity contribution in [3.63, 3.8) is 0 Å². The Morgan fingerprint density at radius 2 is 1.83 bits per heavy atom. The molecule has 2 saturated carbocycles. The molecule has 1 saturated heterocycles. The van der Waals surface area contributed by atoms with Crippen LogP contribution in [0.2, 0.25) is 0 Å². The second-order valence-corrected chi connectivity index (χ2v) is 8.12. The van der Waals surface area contributed by atoms with E-state index in [-0.39, 0.29) is 0 Å². The Balaban J connectivity index is 1.33. The van der Waals surface area contributed by atoms with Crippen LogP contribution in [0, 0.1) is 11.8 Å². The Hall–Kier alpha value is -1.39. The van der Waals surface area contributed by atoms with Gasteiger partial charge in [0.2, 0.25) is 5.91 Å². The maximum absolute atomic E-state index is 12.9. The molecule has 3 aliphatic rings. The van der Waals surface area contributed by atoms with Gasteiger partial charge in [0, 0.05) is 37.7 Å². The van der Waals surface area contributed by atoms with Crippen molar-refractivity contribution < 1.29 is 4.79 Å². The topological polar surface area (TPSA) is 51.0 Å². The van der Waals surface area contributed by atoms with E-state index in [1.807, 2.05) is 4.68 Å². The number of carbonyl (C=O) groups is 1. The monoisotopic (exact) mass is 330 g/mol. The van der Waals surface area contributed by atoms with Crippen LogP contribution in [0.25, 0.3) is 0 Å². The van der Waals surface area contributed by atoms with Crippen molar-refractivity contribution in [1.82, 2.24) is 19.9 Å². The highest BCUT2D eigenvalue weighted by Crippen LogP contribution is 2.38. The van der Waals surface area contributed by atoms with E-state index >= 15 is 0 Å². The van der Waals surface area contributed by atoms with E-state index in [0.29, 0.717) is 23.7 Å². The number of nitrogens with zero attached hydrogens (tertiary/aromatic N) is 4. The first-order valence-electron chi connectivity index (χ1n) is 9.98. The summed E-state index contributed by atoms with van der Waals surface area (Å²) < 4.78 is 2.01. The third kappa shape index (κ3) is 3.81. The van der Waals surface area contributed by atoms with Gasteiger partial charge in [-0.2, -0.15) is 0 Å². The van der Waals surface area contributed by atoms with Gasteiger partial charge in [-0.05, 0) is 44.4 Å². The van der Waals surface area contributed by atoms with E-state index < -0.39 is 0 Å². The first-order valence-corrected chi connectivity index (χ1v) is 9.98. The molecule has 0 radical (unpaired) electrons. The predicted octanol–water partition coefficient (Wildman–Crippen LogP) is 3.36. The molecule has 4 rings (SSSR count). The smallest absolute Gasteiger partial charge is 0.225 e. The highest BCUT2D eigenvalue weighted by atomic mass is 16.2. The van der Waals surface area contributed by atoms with Crippen molar-refractivity contribution in [2.24, 2.45) is 11.8 Å². The Morgan fingerprint density at radius 1 is 1.04 bits per heavy atom. The van der Waals surface area contributed by atoms with Crippen LogP contribution >= 0.6 is 0 Å². The lowest BCUT2D eigenvalue weighted by Gasteiger charge is -2.34. The van der Waals surface area contributed by atoms with Crippen LogP contribution in [0.1, 0.15) is 75.8 Å². The molecule has 1 amide bonds. The fraction of sp³-hybridized carbons (Fsp3) is 0.842. The minimum Gasteiger partial charge on any atom is -0.342 e. The zero-order valence-corrected chi connectivity index (χ0v) is 14.7. The fourth-order valence-electron chi connectivity index (χ4n) is 4.43. The molecule has 2 heterocycles. The summed E-state index contributed by atoms with van der Waals surface area (Å²) in [6, 6.07) is 0. The average Bonchev–Trinajstić information content (AvgIpc) is 3.40. The molecule has 0 bridgehead atoms. The number of carbonyl (C=O) groups excluding carboxylic acids is 1. The van der Waals surface area contributed by atoms with E-state index in [1.54, 1.807) is 0 Å². The van der Waals surface area contributed by atoms with Crippen molar-refractivity contribution in [3.8, 4) is 0 Å². The fourth-order valence-corrected chi connectivity index (χ4v) is 4.43. The second-order valence-electron chi connectivity index (χ2n) is 8.12. The predicted molar refractivity (Wildman–Crippen MR) is 92.5 cm³/mol. The number of amides is 1. The largest absolute Gasteiger partial charge is 0.342 e. The van der Waals surface area contributed by atoms with Crippen molar-refractivity contribution >= 4 is 5.91 Å². The SMILES string of the molecule is O=C(C1CCCCCC1)N1CCC[C@@H](Cn2cc(C3CC3)nn2)C1. The molecule has 2 aliphatic carbocycles. The van der Waals surface area contributed by atoms with Gasteiger partial charge in [-0.15, -0.1) is 5.10 Å². The molecule has 0 unspecified atom stereocenters. The second kappa shape index (κ2) is 7.24. The van der Waals surface area contributed by atoms with Crippen molar-refractivity contribution in [2.45, 2.75) is 76.7 Å². The van der Waals surface area contributed by atoms with Gasteiger partial charge in [-0.1, -0.05) is 30.9 Å². The number of aromatic nitrogens is 3. The standard InChI is InChI=1S/C19H30N4O/c24-19(17-7-3-1-2-4-8-17)22-11-5-6-15(12-22)13-23-14-18(20-21-23)16-9-10-16/h14-17H,1-13H2/t15-/m1/s1. The summed E-state index contributed by atoms with van der Waals surface area (Å²) in [4.78, 5) is 15.1. The van der Waals surface area contributed by atoms with Gasteiger partial charge in [0.15, 0.2) is 0 Å². The molecule has 24 heavy (non-hydrogen) atoms. The molecule has 1 aliphatic heterocycles. The summed E-state index contributed by atoms with van der Waals surface area (Å²) in [6.45, 7) is 2.78. The van der Waals surface area contributed by atoms with Crippen molar-refractivity contribution in [1.29, 1.82) is 0 Å². The van der Waals surface area contributed by atoms with Crippen LogP contribution in [-0.2, 0) is 11.3 Å². The first kappa shape index (κ1) is 16.1.